The van der Waals surface area contributed by atoms with E-state index in [2.05, 4.69) is 36.2 Å². The van der Waals surface area contributed by atoms with Crippen molar-refractivity contribution in [3.63, 3.8) is 0 Å². The number of nitrogens with two attached hydrogens (primary N) is 1. The van der Waals surface area contributed by atoms with Crippen LogP contribution in [-0.2, 0) is 7.05 Å². The fourth-order valence-corrected chi connectivity index (χ4v) is 1.82. The molecule has 6 nitrogen and oxygen atoms in total. The first-order chi connectivity index (χ1) is 6.70. The van der Waals surface area contributed by atoms with Gasteiger partial charge >= 0.3 is 0 Å². The Hall–Kier alpha value is -1.21. The Morgan fingerprint density at radius 1 is 1.64 bits per heavy atom. The van der Waals surface area contributed by atoms with Crippen LogP contribution in [0, 0.1) is 0 Å². The van der Waals surface area contributed by atoms with E-state index in [0.717, 1.165) is 5.69 Å². The highest BCUT2D eigenvalue weighted by molar-refractivity contribution is 9.10. The lowest BCUT2D eigenvalue weighted by molar-refractivity contribution is 0.638. The summed E-state index contributed by atoms with van der Waals surface area (Å²) >= 11 is 3.29. The van der Waals surface area contributed by atoms with Crippen molar-refractivity contribution in [2.24, 2.45) is 12.8 Å². The molecule has 0 amide bonds. The number of aromatic nitrogens is 5. The Bertz CT molecular complexity index is 400. The van der Waals surface area contributed by atoms with Gasteiger partial charge in [-0.25, -0.2) is 9.67 Å². The van der Waals surface area contributed by atoms with E-state index in [0.29, 0.717) is 10.4 Å². The minimum atomic E-state index is -0.348. The van der Waals surface area contributed by atoms with Gasteiger partial charge < -0.3 is 10.7 Å². The van der Waals surface area contributed by atoms with Crippen molar-refractivity contribution < 1.29 is 0 Å². The monoisotopic (exact) mass is 256 g/mol. The minimum Gasteiger partial charge on any atom is -0.347 e. The molecule has 1 atom stereocenters. The molecule has 2 rings (SSSR count). The maximum atomic E-state index is 5.98. The number of aromatic amines is 1. The van der Waals surface area contributed by atoms with Gasteiger partial charge in [0, 0.05) is 19.4 Å². The first-order valence-electron chi connectivity index (χ1n) is 4.00. The number of H-pyrrole nitrogens is 1. The fraction of sp³-hybridized carbons (Fsp3) is 0.286. The molecule has 0 radical (unpaired) electrons. The Balaban J connectivity index is 2.41. The van der Waals surface area contributed by atoms with Gasteiger partial charge in [0.15, 0.2) is 4.60 Å². The normalized spacial score (nSPS) is 13.1. The largest absolute Gasteiger partial charge is 0.347 e. The van der Waals surface area contributed by atoms with Crippen molar-refractivity contribution in [2.75, 3.05) is 0 Å². The number of hydrogen-bond donors (Lipinski definition) is 2. The third-order valence-corrected chi connectivity index (χ3v) is 2.50. The molecule has 0 aliphatic heterocycles. The molecule has 0 aliphatic carbocycles. The molecule has 0 saturated heterocycles. The van der Waals surface area contributed by atoms with E-state index in [1.165, 1.54) is 0 Å². The second kappa shape index (κ2) is 3.50. The third kappa shape index (κ3) is 1.44. The molecule has 0 aromatic carbocycles. The molecule has 14 heavy (non-hydrogen) atoms. The first-order valence-corrected chi connectivity index (χ1v) is 4.79. The van der Waals surface area contributed by atoms with Crippen molar-refractivity contribution >= 4 is 15.9 Å². The Morgan fingerprint density at radius 3 is 2.93 bits per heavy atom. The number of halogens is 1. The van der Waals surface area contributed by atoms with E-state index in [-0.39, 0.29) is 6.04 Å². The average Bonchev–Trinajstić information content (AvgIpc) is 2.75. The molecule has 0 aliphatic rings. The zero-order valence-electron chi connectivity index (χ0n) is 7.48. The van der Waals surface area contributed by atoms with Crippen LogP contribution in [0.5, 0.6) is 0 Å². The van der Waals surface area contributed by atoms with Crippen LogP contribution in [0.15, 0.2) is 17.0 Å². The highest BCUT2D eigenvalue weighted by atomic mass is 79.9. The summed E-state index contributed by atoms with van der Waals surface area (Å²) < 4.78 is 2.26. The van der Waals surface area contributed by atoms with Crippen LogP contribution in [-0.4, -0.2) is 25.0 Å². The number of rotatable bonds is 2. The molecule has 0 fully saturated rings. The molecule has 2 aromatic rings. The molecular weight excluding hydrogens is 248 g/mol. The molecular formula is C7H9BrN6. The van der Waals surface area contributed by atoms with Crippen LogP contribution in [0.3, 0.4) is 0 Å². The highest BCUT2D eigenvalue weighted by Crippen LogP contribution is 2.21. The van der Waals surface area contributed by atoms with Crippen LogP contribution in [0.1, 0.15) is 17.6 Å². The standard InChI is InChI=1S/C7H9BrN6/c1-14-5(6(8)12-13-14)4(9)7-10-2-3-11-7/h2-4H,9H2,1H3,(H,10,11). The molecule has 7 heteroatoms. The molecule has 1 unspecified atom stereocenters. The van der Waals surface area contributed by atoms with Gasteiger partial charge in [0.2, 0.25) is 0 Å². The number of aryl methyl sites for hydroxylation is 1. The maximum absolute atomic E-state index is 5.98. The Morgan fingerprint density at radius 2 is 2.43 bits per heavy atom. The third-order valence-electron chi connectivity index (χ3n) is 1.94. The lowest BCUT2D eigenvalue weighted by Gasteiger charge is -2.08. The molecule has 0 spiro atoms. The Kier molecular flexibility index (Phi) is 2.34. The summed E-state index contributed by atoms with van der Waals surface area (Å²) in [4.78, 5) is 7.04. The van der Waals surface area contributed by atoms with E-state index < -0.39 is 0 Å². The van der Waals surface area contributed by atoms with Gasteiger partial charge in [-0.05, 0) is 15.9 Å². The minimum absolute atomic E-state index is 0.348. The van der Waals surface area contributed by atoms with E-state index in [4.69, 9.17) is 5.73 Å². The second-order valence-corrected chi connectivity index (χ2v) is 3.59. The van der Waals surface area contributed by atoms with Gasteiger partial charge in [0.25, 0.3) is 0 Å². The van der Waals surface area contributed by atoms with Crippen LogP contribution >= 0.6 is 15.9 Å². The van der Waals surface area contributed by atoms with Gasteiger partial charge in [0.1, 0.15) is 11.9 Å². The number of imidazole rings is 1. The summed E-state index contributed by atoms with van der Waals surface area (Å²) in [7, 11) is 1.79. The van der Waals surface area contributed by atoms with Gasteiger partial charge in [-0.1, -0.05) is 5.21 Å². The summed E-state index contributed by atoms with van der Waals surface area (Å²) in [5, 5.41) is 7.70. The predicted molar refractivity (Wildman–Crippen MR) is 53.3 cm³/mol. The zero-order chi connectivity index (χ0) is 10.1. The van der Waals surface area contributed by atoms with Crippen molar-refractivity contribution in [1.29, 1.82) is 0 Å². The summed E-state index contributed by atoms with van der Waals surface area (Å²) in [6.45, 7) is 0. The zero-order valence-corrected chi connectivity index (χ0v) is 9.06. The van der Waals surface area contributed by atoms with Crippen LogP contribution in [0.4, 0.5) is 0 Å². The van der Waals surface area contributed by atoms with E-state index in [1.807, 2.05) is 0 Å². The SMILES string of the molecule is Cn1nnc(Br)c1C(N)c1ncc[nH]1. The summed E-state index contributed by atoms with van der Waals surface area (Å²) in [6.07, 6.45) is 3.39. The first kappa shape index (κ1) is 9.35. The topological polar surface area (TPSA) is 85.4 Å². The van der Waals surface area contributed by atoms with Crippen molar-refractivity contribution in [2.45, 2.75) is 6.04 Å². The van der Waals surface area contributed by atoms with Gasteiger partial charge in [-0.3, -0.25) is 0 Å². The second-order valence-electron chi connectivity index (χ2n) is 2.84. The van der Waals surface area contributed by atoms with E-state index in [9.17, 15) is 0 Å². The van der Waals surface area contributed by atoms with E-state index >= 15 is 0 Å². The summed E-state index contributed by atoms with van der Waals surface area (Å²) in [6, 6.07) is -0.348. The fourth-order valence-electron chi connectivity index (χ4n) is 1.25. The molecule has 74 valence electrons. The van der Waals surface area contributed by atoms with Gasteiger partial charge in [-0.15, -0.1) is 5.10 Å². The van der Waals surface area contributed by atoms with Gasteiger partial charge in [-0.2, -0.15) is 0 Å². The average molecular weight is 257 g/mol. The summed E-state index contributed by atoms with van der Waals surface area (Å²) in [5.41, 5.74) is 6.77. The molecule has 2 aromatic heterocycles. The lowest BCUT2D eigenvalue weighted by atomic mass is 10.2. The van der Waals surface area contributed by atoms with Crippen LogP contribution in [0.25, 0.3) is 0 Å². The summed E-state index contributed by atoms with van der Waals surface area (Å²) in [5.74, 6) is 0.691. The quantitative estimate of drug-likeness (QED) is 0.812. The number of hydrogen-bond acceptors (Lipinski definition) is 4. The van der Waals surface area contributed by atoms with Crippen LogP contribution < -0.4 is 5.73 Å². The number of nitrogens with one attached hydrogen (secondary N) is 1. The van der Waals surface area contributed by atoms with Crippen molar-refractivity contribution in [1.82, 2.24) is 25.0 Å². The smallest absolute Gasteiger partial charge is 0.153 e. The molecule has 0 saturated carbocycles. The molecule has 0 bridgehead atoms. The predicted octanol–water partition coefficient (Wildman–Crippen LogP) is 0.349. The van der Waals surface area contributed by atoms with Crippen molar-refractivity contribution in [3.05, 3.63) is 28.5 Å². The molecule has 2 heterocycles. The lowest BCUT2D eigenvalue weighted by Crippen LogP contribution is -2.17. The van der Waals surface area contributed by atoms with E-state index in [1.54, 1.807) is 24.1 Å². The molecule has 3 N–H and O–H groups in total. The van der Waals surface area contributed by atoms with Crippen LogP contribution in [0.2, 0.25) is 0 Å². The highest BCUT2D eigenvalue weighted by Gasteiger charge is 2.19. The van der Waals surface area contributed by atoms with Crippen molar-refractivity contribution in [3.8, 4) is 0 Å². The van der Waals surface area contributed by atoms with Gasteiger partial charge in [0.05, 0.1) is 5.69 Å². The number of nitrogens with zero attached hydrogens (tertiary/aromatic N) is 4. The maximum Gasteiger partial charge on any atom is 0.153 e. The Labute approximate surface area is 88.6 Å².